The monoisotopic (exact) mass is 443 g/mol. The van der Waals surface area contributed by atoms with Crippen LogP contribution in [0.15, 0.2) is 36.7 Å². The van der Waals surface area contributed by atoms with E-state index in [9.17, 15) is 14.0 Å². The van der Waals surface area contributed by atoms with Crippen LogP contribution in [-0.2, 0) is 14.3 Å². The van der Waals surface area contributed by atoms with Crippen LogP contribution in [0.2, 0.25) is 0 Å². The SMILES string of the molecule is NC(=O)C1CN(c2cc(N3CCN(CC(=O)Nc4ccccc4F)CC3)ncn2)CCO1. The number of carbonyl (C=O) groups excluding carboxylic acids is 2. The number of primary amides is 1. The van der Waals surface area contributed by atoms with Gasteiger partial charge >= 0.3 is 0 Å². The van der Waals surface area contributed by atoms with Crippen molar-refractivity contribution in [1.29, 1.82) is 0 Å². The number of para-hydroxylation sites is 1. The summed E-state index contributed by atoms with van der Waals surface area (Å²) in [6.45, 7) is 4.30. The van der Waals surface area contributed by atoms with E-state index in [1.807, 2.05) is 15.9 Å². The molecule has 2 aliphatic rings. The highest BCUT2D eigenvalue weighted by Gasteiger charge is 2.26. The van der Waals surface area contributed by atoms with Gasteiger partial charge in [-0.2, -0.15) is 0 Å². The van der Waals surface area contributed by atoms with Crippen LogP contribution in [0.25, 0.3) is 0 Å². The predicted molar refractivity (Wildman–Crippen MR) is 117 cm³/mol. The second-order valence-electron chi connectivity index (χ2n) is 7.73. The van der Waals surface area contributed by atoms with Crippen LogP contribution in [0.3, 0.4) is 0 Å². The molecular formula is C21H26FN7O3. The van der Waals surface area contributed by atoms with E-state index < -0.39 is 17.8 Å². The topological polar surface area (TPSA) is 117 Å². The molecule has 2 saturated heterocycles. The van der Waals surface area contributed by atoms with Crippen LogP contribution in [0.5, 0.6) is 0 Å². The summed E-state index contributed by atoms with van der Waals surface area (Å²) in [6, 6.07) is 8.01. The van der Waals surface area contributed by atoms with Gasteiger partial charge in [0, 0.05) is 38.8 Å². The lowest BCUT2D eigenvalue weighted by molar-refractivity contribution is -0.130. The summed E-state index contributed by atoms with van der Waals surface area (Å²) in [5, 5.41) is 2.62. The first kappa shape index (κ1) is 21.9. The number of hydrogen-bond acceptors (Lipinski definition) is 8. The van der Waals surface area contributed by atoms with Crippen molar-refractivity contribution in [3.05, 3.63) is 42.5 Å². The van der Waals surface area contributed by atoms with Gasteiger partial charge in [-0.3, -0.25) is 14.5 Å². The Kier molecular flexibility index (Phi) is 6.76. The molecule has 3 heterocycles. The van der Waals surface area contributed by atoms with Crippen molar-refractivity contribution >= 4 is 29.1 Å². The lowest BCUT2D eigenvalue weighted by Gasteiger charge is -2.36. The van der Waals surface area contributed by atoms with Gasteiger partial charge in [0.2, 0.25) is 11.8 Å². The van der Waals surface area contributed by atoms with E-state index in [1.165, 1.54) is 18.5 Å². The van der Waals surface area contributed by atoms with Crippen LogP contribution >= 0.6 is 0 Å². The fourth-order valence-electron chi connectivity index (χ4n) is 3.80. The Morgan fingerprint density at radius 2 is 1.81 bits per heavy atom. The molecule has 0 spiro atoms. The molecule has 32 heavy (non-hydrogen) atoms. The molecule has 2 aliphatic heterocycles. The zero-order valence-corrected chi connectivity index (χ0v) is 17.6. The van der Waals surface area contributed by atoms with Gasteiger partial charge in [-0.25, -0.2) is 14.4 Å². The Hall–Kier alpha value is -3.31. The lowest BCUT2D eigenvalue weighted by atomic mass is 10.2. The van der Waals surface area contributed by atoms with E-state index in [0.717, 1.165) is 11.6 Å². The molecule has 11 heteroatoms. The van der Waals surface area contributed by atoms with Crippen LogP contribution in [0.4, 0.5) is 21.7 Å². The van der Waals surface area contributed by atoms with Crippen molar-refractivity contribution in [3.8, 4) is 0 Å². The molecule has 4 rings (SSSR count). The van der Waals surface area contributed by atoms with E-state index in [-0.39, 0.29) is 18.1 Å². The van der Waals surface area contributed by atoms with Gasteiger partial charge in [0.15, 0.2) is 6.10 Å². The minimum Gasteiger partial charge on any atom is -0.367 e. The number of carbonyl (C=O) groups is 2. The minimum absolute atomic E-state index is 0.186. The summed E-state index contributed by atoms with van der Waals surface area (Å²) in [4.78, 5) is 38.6. The van der Waals surface area contributed by atoms with E-state index in [2.05, 4.69) is 20.2 Å². The number of halogens is 1. The zero-order valence-electron chi connectivity index (χ0n) is 17.6. The number of aromatic nitrogens is 2. The molecule has 1 aromatic heterocycles. The first-order valence-electron chi connectivity index (χ1n) is 10.5. The maximum absolute atomic E-state index is 13.7. The molecule has 2 aromatic rings. The van der Waals surface area contributed by atoms with Crippen molar-refractivity contribution in [2.24, 2.45) is 5.73 Å². The van der Waals surface area contributed by atoms with Crippen molar-refractivity contribution in [2.45, 2.75) is 6.10 Å². The molecule has 2 amide bonds. The van der Waals surface area contributed by atoms with Crippen molar-refractivity contribution in [3.63, 3.8) is 0 Å². The van der Waals surface area contributed by atoms with E-state index in [4.69, 9.17) is 10.5 Å². The van der Waals surface area contributed by atoms with E-state index in [1.54, 1.807) is 12.1 Å². The Morgan fingerprint density at radius 1 is 1.09 bits per heavy atom. The minimum atomic E-state index is -0.652. The number of nitrogens with zero attached hydrogens (tertiary/aromatic N) is 5. The number of piperazine rings is 1. The normalized spacial score (nSPS) is 19.6. The third-order valence-electron chi connectivity index (χ3n) is 5.56. The van der Waals surface area contributed by atoms with Crippen LogP contribution in [0, 0.1) is 5.82 Å². The second-order valence-corrected chi connectivity index (χ2v) is 7.73. The summed E-state index contributed by atoms with van der Waals surface area (Å²) in [6.07, 6.45) is 0.856. The molecule has 1 atom stereocenters. The van der Waals surface area contributed by atoms with Gasteiger partial charge < -0.3 is 25.6 Å². The number of rotatable bonds is 6. The molecule has 1 unspecified atom stereocenters. The van der Waals surface area contributed by atoms with Gasteiger partial charge in [0.1, 0.15) is 23.8 Å². The first-order valence-corrected chi connectivity index (χ1v) is 10.5. The van der Waals surface area contributed by atoms with Gasteiger partial charge in [0.05, 0.1) is 25.4 Å². The van der Waals surface area contributed by atoms with Crippen LogP contribution < -0.4 is 20.9 Å². The highest BCUT2D eigenvalue weighted by molar-refractivity contribution is 5.92. The quantitative estimate of drug-likeness (QED) is 0.644. The van der Waals surface area contributed by atoms with Gasteiger partial charge in [-0.15, -0.1) is 0 Å². The first-order chi connectivity index (χ1) is 15.5. The summed E-state index contributed by atoms with van der Waals surface area (Å²) >= 11 is 0. The molecule has 0 saturated carbocycles. The summed E-state index contributed by atoms with van der Waals surface area (Å²) in [5.74, 6) is 0.319. The third-order valence-corrected chi connectivity index (χ3v) is 5.56. The number of ether oxygens (including phenoxy) is 1. The fourth-order valence-corrected chi connectivity index (χ4v) is 3.80. The van der Waals surface area contributed by atoms with Crippen LogP contribution in [0.1, 0.15) is 0 Å². The summed E-state index contributed by atoms with van der Waals surface area (Å²) in [5.41, 5.74) is 5.56. The Morgan fingerprint density at radius 3 is 2.53 bits per heavy atom. The standard InChI is InChI=1S/C21H26FN7O3/c22-15-3-1-2-4-16(15)26-20(30)13-27-5-7-28(8-6-27)18-11-19(25-14-24-18)29-9-10-32-17(12-29)21(23)31/h1-4,11,14,17H,5-10,12-13H2,(H2,23,31)(H,26,30). The number of nitrogens with two attached hydrogens (primary N) is 1. The number of morpholine rings is 1. The molecule has 0 aliphatic carbocycles. The molecule has 1 aromatic carbocycles. The summed E-state index contributed by atoms with van der Waals surface area (Å²) in [7, 11) is 0. The maximum Gasteiger partial charge on any atom is 0.248 e. The number of nitrogens with one attached hydrogen (secondary N) is 1. The number of benzene rings is 1. The van der Waals surface area contributed by atoms with Crippen molar-refractivity contribution in [2.75, 3.05) is 67.5 Å². The smallest absolute Gasteiger partial charge is 0.248 e. The lowest BCUT2D eigenvalue weighted by Crippen LogP contribution is -2.49. The van der Waals surface area contributed by atoms with E-state index in [0.29, 0.717) is 45.9 Å². The zero-order chi connectivity index (χ0) is 22.5. The maximum atomic E-state index is 13.7. The largest absolute Gasteiger partial charge is 0.367 e. The molecule has 0 bridgehead atoms. The van der Waals surface area contributed by atoms with Crippen molar-refractivity contribution < 1.29 is 18.7 Å². The number of amides is 2. The average molecular weight is 443 g/mol. The number of anilines is 3. The highest BCUT2D eigenvalue weighted by Crippen LogP contribution is 2.21. The van der Waals surface area contributed by atoms with Gasteiger partial charge in [-0.1, -0.05) is 12.1 Å². The average Bonchev–Trinajstić information content (AvgIpc) is 2.81. The highest BCUT2D eigenvalue weighted by atomic mass is 19.1. The fraction of sp³-hybridized carbons (Fsp3) is 0.429. The second kappa shape index (κ2) is 9.88. The molecule has 3 N–H and O–H groups in total. The molecular weight excluding hydrogens is 417 g/mol. The molecule has 0 radical (unpaired) electrons. The Labute approximate surface area is 185 Å². The van der Waals surface area contributed by atoms with Crippen LogP contribution in [-0.4, -0.2) is 85.2 Å². The summed E-state index contributed by atoms with van der Waals surface area (Å²) < 4.78 is 19.1. The molecule has 10 nitrogen and oxygen atoms in total. The molecule has 170 valence electrons. The van der Waals surface area contributed by atoms with Crippen molar-refractivity contribution in [1.82, 2.24) is 14.9 Å². The molecule has 2 fully saturated rings. The Balaban J connectivity index is 1.30. The van der Waals surface area contributed by atoms with Gasteiger partial charge in [0.25, 0.3) is 0 Å². The van der Waals surface area contributed by atoms with E-state index >= 15 is 0 Å². The number of hydrogen-bond donors (Lipinski definition) is 2. The third kappa shape index (κ3) is 5.29. The predicted octanol–water partition coefficient (Wildman–Crippen LogP) is 0.0669. The van der Waals surface area contributed by atoms with Gasteiger partial charge in [-0.05, 0) is 12.1 Å². The Bertz CT molecular complexity index is 968.